The van der Waals surface area contributed by atoms with Gasteiger partial charge in [0, 0.05) is 19.0 Å². The molecule has 2 N–H and O–H groups in total. The van der Waals surface area contributed by atoms with Crippen molar-refractivity contribution in [3.8, 4) is 0 Å². The fourth-order valence-corrected chi connectivity index (χ4v) is 3.80. The Hall–Kier alpha value is -3.16. The Morgan fingerprint density at radius 2 is 2.04 bits per heavy atom. The summed E-state index contributed by atoms with van der Waals surface area (Å²) in [5, 5.41) is 5.63. The maximum Gasteiger partial charge on any atom is 0.287 e. The first kappa shape index (κ1) is 18.2. The fraction of sp³-hybridized carbons (Fsp3) is 0.350. The van der Waals surface area contributed by atoms with Crippen molar-refractivity contribution < 1.29 is 23.2 Å². The molecule has 146 valence electrons. The number of piperazine rings is 1. The van der Waals surface area contributed by atoms with Crippen molar-refractivity contribution in [3.05, 3.63) is 59.8 Å². The van der Waals surface area contributed by atoms with Gasteiger partial charge >= 0.3 is 0 Å². The summed E-state index contributed by atoms with van der Waals surface area (Å²) in [4.78, 5) is 39.2. The van der Waals surface area contributed by atoms with Crippen LogP contribution in [0.4, 0.5) is 4.39 Å². The van der Waals surface area contributed by atoms with Gasteiger partial charge in [0.2, 0.25) is 11.8 Å². The summed E-state index contributed by atoms with van der Waals surface area (Å²) in [7, 11) is 0. The lowest BCUT2D eigenvalue weighted by molar-refractivity contribution is -0.151. The van der Waals surface area contributed by atoms with Gasteiger partial charge < -0.3 is 20.0 Å². The number of piperidine rings is 1. The molecule has 3 atom stereocenters. The molecule has 28 heavy (non-hydrogen) atoms. The molecule has 7 nitrogen and oxygen atoms in total. The highest BCUT2D eigenvalue weighted by atomic mass is 19.1. The zero-order valence-corrected chi connectivity index (χ0v) is 15.1. The minimum Gasteiger partial charge on any atom is -0.459 e. The normalized spacial score (nSPS) is 24.5. The van der Waals surface area contributed by atoms with E-state index >= 15 is 0 Å². The van der Waals surface area contributed by atoms with E-state index in [1.807, 2.05) is 0 Å². The molecule has 1 aromatic carbocycles. The lowest BCUT2D eigenvalue weighted by Crippen LogP contribution is -2.67. The van der Waals surface area contributed by atoms with E-state index in [1.165, 1.54) is 18.4 Å². The van der Waals surface area contributed by atoms with Crippen LogP contribution in [0.25, 0.3) is 0 Å². The van der Waals surface area contributed by atoms with Gasteiger partial charge in [-0.1, -0.05) is 12.1 Å². The Morgan fingerprint density at radius 3 is 2.75 bits per heavy atom. The third-order valence-electron chi connectivity index (χ3n) is 5.24. The summed E-state index contributed by atoms with van der Waals surface area (Å²) in [6.07, 6.45) is 2.65. The van der Waals surface area contributed by atoms with Gasteiger partial charge in [0.15, 0.2) is 5.76 Å². The van der Waals surface area contributed by atoms with Gasteiger partial charge in [-0.2, -0.15) is 0 Å². The summed E-state index contributed by atoms with van der Waals surface area (Å²) in [5.41, 5.74) is 0.777. The molecule has 2 aliphatic rings. The van der Waals surface area contributed by atoms with Crippen LogP contribution < -0.4 is 10.6 Å². The number of nitrogens with one attached hydrogen (secondary N) is 2. The van der Waals surface area contributed by atoms with Crippen LogP contribution >= 0.6 is 0 Å². The summed E-state index contributed by atoms with van der Waals surface area (Å²) in [6, 6.07) is 7.60. The molecule has 0 spiro atoms. The highest BCUT2D eigenvalue weighted by Gasteiger charge is 2.44. The zero-order valence-electron chi connectivity index (χ0n) is 15.1. The van der Waals surface area contributed by atoms with E-state index < -0.39 is 12.1 Å². The number of benzene rings is 1. The first-order chi connectivity index (χ1) is 13.5. The minimum atomic E-state index is -0.663. The van der Waals surface area contributed by atoms with E-state index in [9.17, 15) is 18.8 Å². The molecule has 0 radical (unpaired) electrons. The van der Waals surface area contributed by atoms with Gasteiger partial charge in [0.25, 0.3) is 5.91 Å². The third-order valence-corrected chi connectivity index (χ3v) is 5.24. The van der Waals surface area contributed by atoms with Crippen LogP contribution in [-0.2, 0) is 16.0 Å². The number of halogens is 1. The number of fused-ring (bicyclic) bond motifs is 1. The second-order valence-corrected chi connectivity index (χ2v) is 7.11. The van der Waals surface area contributed by atoms with Gasteiger partial charge in [-0.15, -0.1) is 0 Å². The number of carbonyl (C=O) groups excluding carboxylic acids is 3. The molecule has 0 saturated carbocycles. The maximum atomic E-state index is 13.1. The van der Waals surface area contributed by atoms with Crippen molar-refractivity contribution in [2.75, 3.05) is 6.54 Å². The van der Waals surface area contributed by atoms with Gasteiger partial charge in [-0.3, -0.25) is 14.4 Å². The molecular formula is C20H20FN3O4. The number of nitrogens with zero attached hydrogens (tertiary/aromatic N) is 1. The molecule has 8 heteroatoms. The molecule has 2 aromatic rings. The quantitative estimate of drug-likeness (QED) is 0.829. The summed E-state index contributed by atoms with van der Waals surface area (Å²) < 4.78 is 18.1. The number of carbonyl (C=O) groups is 3. The fourth-order valence-electron chi connectivity index (χ4n) is 3.80. The Kier molecular flexibility index (Phi) is 4.85. The Labute approximate surface area is 160 Å². The van der Waals surface area contributed by atoms with Crippen molar-refractivity contribution in [2.45, 2.75) is 37.4 Å². The number of amides is 3. The molecule has 4 rings (SSSR count). The van der Waals surface area contributed by atoms with Crippen LogP contribution in [0.5, 0.6) is 0 Å². The van der Waals surface area contributed by atoms with E-state index in [0.29, 0.717) is 25.8 Å². The molecule has 0 unspecified atom stereocenters. The summed E-state index contributed by atoms with van der Waals surface area (Å²) >= 11 is 0. The number of furan rings is 1. The molecule has 2 saturated heterocycles. The van der Waals surface area contributed by atoms with E-state index in [2.05, 4.69) is 10.6 Å². The van der Waals surface area contributed by atoms with E-state index in [4.69, 9.17) is 4.42 Å². The number of hydrogen-bond acceptors (Lipinski definition) is 4. The Balaban J connectivity index is 1.40. The lowest BCUT2D eigenvalue weighted by atomic mass is 9.91. The number of rotatable bonds is 4. The zero-order chi connectivity index (χ0) is 19.7. The van der Waals surface area contributed by atoms with Gasteiger partial charge in [-0.25, -0.2) is 4.39 Å². The van der Waals surface area contributed by atoms with Crippen molar-refractivity contribution >= 4 is 17.7 Å². The van der Waals surface area contributed by atoms with Crippen LogP contribution in [0.15, 0.2) is 47.1 Å². The SMILES string of the molecule is O=C(N[C@@H]1CCN2C(=O)[C@H](Cc3ccc(F)cc3)NC(=O)[C@@H]2C1)c1ccco1. The van der Waals surface area contributed by atoms with Crippen molar-refractivity contribution in [3.63, 3.8) is 0 Å². The summed E-state index contributed by atoms with van der Waals surface area (Å²) in [6.45, 7) is 0.389. The van der Waals surface area contributed by atoms with Crippen molar-refractivity contribution in [1.29, 1.82) is 0 Å². The van der Waals surface area contributed by atoms with Crippen LogP contribution in [-0.4, -0.2) is 47.3 Å². The molecule has 1 aromatic heterocycles. The molecule has 3 heterocycles. The third kappa shape index (κ3) is 3.62. The van der Waals surface area contributed by atoms with E-state index in [-0.39, 0.29) is 35.3 Å². The Bertz CT molecular complexity index is 881. The summed E-state index contributed by atoms with van der Waals surface area (Å²) in [5.74, 6) is -0.846. The average Bonchev–Trinajstić information content (AvgIpc) is 3.23. The molecular weight excluding hydrogens is 365 g/mol. The van der Waals surface area contributed by atoms with Crippen LogP contribution in [0.2, 0.25) is 0 Å². The first-order valence-electron chi connectivity index (χ1n) is 9.21. The predicted octanol–water partition coefficient (Wildman–Crippen LogP) is 1.25. The Morgan fingerprint density at radius 1 is 1.25 bits per heavy atom. The smallest absolute Gasteiger partial charge is 0.287 e. The van der Waals surface area contributed by atoms with Crippen LogP contribution in [0, 0.1) is 5.82 Å². The largest absolute Gasteiger partial charge is 0.459 e. The molecule has 2 aliphatic heterocycles. The van der Waals surface area contributed by atoms with Crippen molar-refractivity contribution in [1.82, 2.24) is 15.5 Å². The lowest BCUT2D eigenvalue weighted by Gasteiger charge is -2.44. The minimum absolute atomic E-state index is 0.148. The van der Waals surface area contributed by atoms with Gasteiger partial charge in [0.1, 0.15) is 17.9 Å². The second kappa shape index (κ2) is 7.46. The standard InChI is InChI=1S/C20H20FN3O4/c21-13-5-3-12(4-6-13)10-15-20(27)24-8-7-14(11-16(24)18(25)23-15)22-19(26)17-2-1-9-28-17/h1-6,9,14-16H,7-8,10-11H2,(H,22,26)(H,23,25)/t14-,15+,16+/m1/s1. The molecule has 0 aliphatic carbocycles. The van der Waals surface area contributed by atoms with Crippen LogP contribution in [0.3, 0.4) is 0 Å². The topological polar surface area (TPSA) is 91.7 Å². The van der Waals surface area contributed by atoms with E-state index in [1.54, 1.807) is 29.2 Å². The van der Waals surface area contributed by atoms with Crippen molar-refractivity contribution in [2.24, 2.45) is 0 Å². The van der Waals surface area contributed by atoms with Crippen LogP contribution in [0.1, 0.15) is 29.0 Å². The van der Waals surface area contributed by atoms with Gasteiger partial charge in [0.05, 0.1) is 6.26 Å². The highest BCUT2D eigenvalue weighted by molar-refractivity contribution is 5.97. The average molecular weight is 385 g/mol. The second-order valence-electron chi connectivity index (χ2n) is 7.11. The molecule has 2 fully saturated rings. The number of hydrogen-bond donors (Lipinski definition) is 2. The monoisotopic (exact) mass is 385 g/mol. The first-order valence-corrected chi connectivity index (χ1v) is 9.21. The van der Waals surface area contributed by atoms with Gasteiger partial charge in [-0.05, 0) is 42.7 Å². The molecule has 3 amide bonds. The molecule has 0 bridgehead atoms. The highest BCUT2D eigenvalue weighted by Crippen LogP contribution is 2.24. The predicted molar refractivity (Wildman–Crippen MR) is 96.7 cm³/mol. The van der Waals surface area contributed by atoms with E-state index in [0.717, 1.165) is 5.56 Å². The maximum absolute atomic E-state index is 13.1.